The lowest BCUT2D eigenvalue weighted by Crippen LogP contribution is -2.41. The summed E-state index contributed by atoms with van der Waals surface area (Å²) in [4.78, 5) is 31.7. The van der Waals surface area contributed by atoms with Gasteiger partial charge < -0.3 is 4.74 Å². The summed E-state index contributed by atoms with van der Waals surface area (Å²) in [5.74, 6) is 3.02. The number of rotatable bonds is 6. The molecule has 29 heavy (non-hydrogen) atoms. The Bertz CT molecular complexity index is 1050. The van der Waals surface area contributed by atoms with Gasteiger partial charge in [-0.3, -0.25) is 4.79 Å². The van der Waals surface area contributed by atoms with Crippen LogP contribution in [0, 0.1) is 0 Å². The van der Waals surface area contributed by atoms with Gasteiger partial charge in [0.05, 0.1) is 10.0 Å². The van der Waals surface area contributed by atoms with E-state index in [-0.39, 0.29) is 19.0 Å². The van der Waals surface area contributed by atoms with E-state index < -0.39 is 0 Å². The largest absolute Gasteiger partial charge is 0.461 e. The number of carbonyl (C=O) groups excluding carboxylic acids is 1. The van der Waals surface area contributed by atoms with Crippen molar-refractivity contribution in [1.82, 2.24) is 4.90 Å². The number of hydrogen-bond donors (Lipinski definition) is 0. The van der Waals surface area contributed by atoms with Gasteiger partial charge in [0.15, 0.2) is 0 Å². The minimum atomic E-state index is -0.289. The molecule has 4 rings (SSSR count). The van der Waals surface area contributed by atoms with Gasteiger partial charge in [0.25, 0.3) is 0 Å². The van der Waals surface area contributed by atoms with Gasteiger partial charge in [-0.15, -0.1) is 0 Å². The maximum Gasteiger partial charge on any atom is 0.306 e. The third kappa shape index (κ3) is 4.46. The van der Waals surface area contributed by atoms with Crippen LogP contribution in [0.1, 0.15) is 31.7 Å². The summed E-state index contributed by atoms with van der Waals surface area (Å²) >= 11 is 11.8. The molecule has 0 radical (unpaired) electrons. The molecule has 7 nitrogen and oxygen atoms in total. The van der Waals surface area contributed by atoms with Crippen molar-refractivity contribution < 1.29 is 9.53 Å². The monoisotopic (exact) mass is 429 g/mol. The van der Waals surface area contributed by atoms with Gasteiger partial charge in [-0.1, -0.05) is 35.3 Å². The van der Waals surface area contributed by atoms with Crippen molar-refractivity contribution in [1.29, 1.82) is 0 Å². The zero-order valence-electron chi connectivity index (χ0n) is 15.6. The van der Waals surface area contributed by atoms with E-state index in [4.69, 9.17) is 27.9 Å². The normalized spacial score (nSPS) is 16.9. The maximum atomic E-state index is 12.0. The lowest BCUT2D eigenvalue weighted by atomic mass is 10.2. The number of hydrogen-bond acceptors (Lipinski definition) is 7. The summed E-state index contributed by atoms with van der Waals surface area (Å²) in [5.41, 5.74) is 0.788. The second kappa shape index (κ2) is 8.31. The summed E-state index contributed by atoms with van der Waals surface area (Å²) in [6, 6.07) is 5.14. The molecule has 0 fully saturated rings. The summed E-state index contributed by atoms with van der Waals surface area (Å²) in [6.45, 7) is 1.98. The van der Waals surface area contributed by atoms with Crippen molar-refractivity contribution in [3.63, 3.8) is 0 Å². The highest BCUT2D eigenvalue weighted by molar-refractivity contribution is 6.42. The van der Waals surface area contributed by atoms with Crippen LogP contribution < -0.4 is 0 Å². The molecule has 3 aliphatic heterocycles. The zero-order chi connectivity index (χ0) is 20.4. The van der Waals surface area contributed by atoms with Gasteiger partial charge in [-0.05, 0) is 43.2 Å². The molecule has 0 saturated heterocycles. The van der Waals surface area contributed by atoms with E-state index in [0.29, 0.717) is 40.5 Å². The Labute approximate surface area is 177 Å². The van der Waals surface area contributed by atoms with Crippen molar-refractivity contribution in [3.8, 4) is 0 Å². The molecule has 9 heteroatoms. The Kier molecular flexibility index (Phi) is 5.60. The predicted octanol–water partition coefficient (Wildman–Crippen LogP) is 4.52. The highest BCUT2D eigenvalue weighted by atomic mass is 35.5. The molecule has 1 aromatic rings. The topological polar surface area (TPSA) is 79.0 Å². The summed E-state index contributed by atoms with van der Waals surface area (Å²) in [6.07, 6.45) is 7.05. The third-order valence-electron chi connectivity index (χ3n) is 4.32. The fourth-order valence-corrected chi connectivity index (χ4v) is 3.29. The van der Waals surface area contributed by atoms with Gasteiger partial charge in [-0.25, -0.2) is 14.9 Å². The van der Waals surface area contributed by atoms with E-state index in [1.54, 1.807) is 18.2 Å². The van der Waals surface area contributed by atoms with Gasteiger partial charge in [-0.2, -0.15) is 9.98 Å². The third-order valence-corrected chi connectivity index (χ3v) is 5.06. The minimum absolute atomic E-state index is 0.156. The lowest BCUT2D eigenvalue weighted by Gasteiger charge is -2.30. The summed E-state index contributed by atoms with van der Waals surface area (Å²) in [7, 11) is 0. The standard InChI is InChI=1S/C20H17Cl2N5O2/c1-12-23-17-5-3-6-18-25-16(26-20(24-12)27(17)18)4-2-7-19(28)29-11-13-8-9-14(21)15(22)10-13/h3,5-6,8-10H,2,4,7,11H2,1H3. The number of esters is 1. The number of guanidine groups is 1. The van der Waals surface area contributed by atoms with Crippen LogP contribution in [-0.2, 0) is 16.1 Å². The average molecular weight is 430 g/mol. The minimum Gasteiger partial charge on any atom is -0.461 e. The van der Waals surface area contributed by atoms with E-state index in [9.17, 15) is 4.79 Å². The Hall–Kier alpha value is -2.77. The van der Waals surface area contributed by atoms with E-state index >= 15 is 0 Å². The number of allylic oxidation sites excluding steroid dienone is 2. The average Bonchev–Trinajstić information content (AvgIpc) is 2.68. The first-order valence-electron chi connectivity index (χ1n) is 9.08. The Balaban J connectivity index is 1.31. The van der Waals surface area contributed by atoms with Crippen LogP contribution in [0.25, 0.3) is 0 Å². The summed E-state index contributed by atoms with van der Waals surface area (Å²) in [5, 5.41) is 0.902. The number of benzene rings is 1. The lowest BCUT2D eigenvalue weighted by molar-refractivity contribution is -0.145. The fraction of sp³-hybridized carbons (Fsp3) is 0.250. The molecule has 0 atom stereocenters. The fourth-order valence-electron chi connectivity index (χ4n) is 2.97. The molecular weight excluding hydrogens is 413 g/mol. The maximum absolute atomic E-state index is 12.0. The first-order valence-corrected chi connectivity index (χ1v) is 9.83. The molecule has 0 spiro atoms. The van der Waals surface area contributed by atoms with Gasteiger partial charge in [0, 0.05) is 12.8 Å². The van der Waals surface area contributed by atoms with Crippen LogP contribution in [0.3, 0.4) is 0 Å². The molecule has 0 saturated carbocycles. The predicted molar refractivity (Wildman–Crippen MR) is 115 cm³/mol. The van der Waals surface area contributed by atoms with Crippen LogP contribution in [-0.4, -0.2) is 34.3 Å². The van der Waals surface area contributed by atoms with Crippen molar-refractivity contribution in [3.05, 3.63) is 57.9 Å². The SMILES string of the molecule is CC1=NC2=NC(CCCC(=O)OCc3ccc(Cl)c(Cl)c3)=NC3=CC=CC(=N1)N32. The Morgan fingerprint density at radius 2 is 2.00 bits per heavy atom. The molecule has 148 valence electrons. The summed E-state index contributed by atoms with van der Waals surface area (Å²) < 4.78 is 5.30. The molecule has 0 N–H and O–H groups in total. The number of nitrogens with zero attached hydrogens (tertiary/aromatic N) is 5. The van der Waals surface area contributed by atoms with Gasteiger partial charge in [0.1, 0.15) is 29.9 Å². The number of halogens is 2. The van der Waals surface area contributed by atoms with Crippen LogP contribution >= 0.6 is 23.2 Å². The van der Waals surface area contributed by atoms with E-state index in [1.165, 1.54) is 0 Å². The Morgan fingerprint density at radius 3 is 2.83 bits per heavy atom. The van der Waals surface area contributed by atoms with Crippen molar-refractivity contribution in [2.75, 3.05) is 0 Å². The number of aliphatic imine (C=N–C) groups is 4. The second-order valence-electron chi connectivity index (χ2n) is 6.55. The number of amidine groups is 3. The molecule has 0 unspecified atom stereocenters. The Morgan fingerprint density at radius 1 is 1.14 bits per heavy atom. The number of carbonyl (C=O) groups is 1. The smallest absolute Gasteiger partial charge is 0.306 e. The van der Waals surface area contributed by atoms with E-state index in [2.05, 4.69) is 20.0 Å². The molecular formula is C20H17Cl2N5O2. The van der Waals surface area contributed by atoms with Crippen LogP contribution in [0.2, 0.25) is 10.0 Å². The first kappa shape index (κ1) is 19.5. The van der Waals surface area contributed by atoms with E-state index in [1.807, 2.05) is 30.1 Å². The van der Waals surface area contributed by atoms with Gasteiger partial charge in [0.2, 0.25) is 5.96 Å². The van der Waals surface area contributed by atoms with Crippen LogP contribution in [0.15, 0.2) is 62.2 Å². The first-order chi connectivity index (χ1) is 14.0. The number of ether oxygens (including phenoxy) is 1. The van der Waals surface area contributed by atoms with Crippen molar-refractivity contribution in [2.45, 2.75) is 32.8 Å². The zero-order valence-corrected chi connectivity index (χ0v) is 17.1. The quantitative estimate of drug-likeness (QED) is 0.623. The molecule has 0 aromatic heterocycles. The van der Waals surface area contributed by atoms with Crippen molar-refractivity contribution in [2.24, 2.45) is 20.0 Å². The van der Waals surface area contributed by atoms with Crippen LogP contribution in [0.5, 0.6) is 0 Å². The molecule has 0 aliphatic carbocycles. The molecule has 0 bridgehead atoms. The highest BCUT2D eigenvalue weighted by Gasteiger charge is 2.29. The second-order valence-corrected chi connectivity index (χ2v) is 7.37. The molecule has 0 amide bonds. The molecule has 3 heterocycles. The van der Waals surface area contributed by atoms with Crippen molar-refractivity contribution >= 4 is 52.6 Å². The molecule has 1 aromatic carbocycles. The molecule has 3 aliphatic rings. The van der Waals surface area contributed by atoms with E-state index in [0.717, 1.165) is 17.2 Å². The van der Waals surface area contributed by atoms with Crippen LogP contribution in [0.4, 0.5) is 0 Å². The highest BCUT2D eigenvalue weighted by Crippen LogP contribution is 2.24. The van der Waals surface area contributed by atoms with Gasteiger partial charge >= 0.3 is 5.97 Å².